The molecule has 0 amide bonds. The first-order valence-corrected chi connectivity index (χ1v) is 8.57. The first-order valence-electron chi connectivity index (χ1n) is 7.13. The van der Waals surface area contributed by atoms with E-state index in [0.29, 0.717) is 0 Å². The van der Waals surface area contributed by atoms with Crippen molar-refractivity contribution in [2.45, 2.75) is 63.4 Å². The summed E-state index contributed by atoms with van der Waals surface area (Å²) in [6, 6.07) is 4.08. The number of hydrogen-bond acceptors (Lipinski definition) is 2. The maximum absolute atomic E-state index is 14.0. The number of benzene rings is 1. The Hall–Kier alpha value is -0.940. The molecule has 0 spiro atoms. The van der Waals surface area contributed by atoms with Gasteiger partial charge in [0.15, 0.2) is 0 Å². The van der Waals surface area contributed by atoms with Crippen LogP contribution in [0.1, 0.15) is 45.1 Å². The van der Waals surface area contributed by atoms with E-state index in [4.69, 9.17) is 0 Å². The van der Waals surface area contributed by atoms with Crippen molar-refractivity contribution >= 4 is 10.0 Å². The third-order valence-corrected chi connectivity index (χ3v) is 5.98. The highest BCUT2D eigenvalue weighted by molar-refractivity contribution is 7.89. The Kier molecular flexibility index (Phi) is 4.49. The smallest absolute Gasteiger partial charge is 0.207 e. The molecule has 0 unspecified atom stereocenters. The van der Waals surface area contributed by atoms with E-state index in [1.54, 1.807) is 13.0 Å². The molecule has 1 aliphatic rings. The van der Waals surface area contributed by atoms with Crippen LogP contribution in [-0.4, -0.2) is 24.8 Å². The first-order chi connectivity index (χ1) is 9.34. The summed E-state index contributed by atoms with van der Waals surface area (Å²) in [4.78, 5) is -0.196. The second-order valence-electron chi connectivity index (χ2n) is 5.80. The maximum atomic E-state index is 14.0. The predicted molar refractivity (Wildman–Crippen MR) is 77.6 cm³/mol. The van der Waals surface area contributed by atoms with Gasteiger partial charge in [0.2, 0.25) is 10.0 Å². The zero-order valence-electron chi connectivity index (χ0n) is 12.3. The van der Waals surface area contributed by atoms with Crippen LogP contribution in [0, 0.1) is 12.7 Å². The highest BCUT2D eigenvalue weighted by Gasteiger charge is 2.36. The van der Waals surface area contributed by atoms with E-state index < -0.39 is 15.8 Å². The fourth-order valence-corrected chi connectivity index (χ4v) is 5.01. The van der Waals surface area contributed by atoms with E-state index in [1.807, 2.05) is 13.8 Å². The van der Waals surface area contributed by atoms with Gasteiger partial charge in [-0.15, -0.1) is 0 Å². The predicted octanol–water partition coefficient (Wildman–Crippen LogP) is 3.48. The van der Waals surface area contributed by atoms with Crippen molar-refractivity contribution in [3.05, 3.63) is 29.6 Å². The largest absolute Gasteiger partial charge is 0.246 e. The van der Waals surface area contributed by atoms with Crippen LogP contribution in [0.5, 0.6) is 0 Å². The van der Waals surface area contributed by atoms with Gasteiger partial charge in [-0.3, -0.25) is 0 Å². The van der Waals surface area contributed by atoms with E-state index in [9.17, 15) is 12.8 Å². The van der Waals surface area contributed by atoms with Gasteiger partial charge in [-0.05, 0) is 51.3 Å². The molecule has 0 heterocycles. The zero-order chi connectivity index (χ0) is 14.9. The van der Waals surface area contributed by atoms with Crippen LogP contribution in [0.15, 0.2) is 23.1 Å². The molecule has 112 valence electrons. The third-order valence-electron chi connectivity index (χ3n) is 3.84. The van der Waals surface area contributed by atoms with Crippen LogP contribution in [0.2, 0.25) is 0 Å². The molecule has 2 rings (SSSR count). The summed E-state index contributed by atoms with van der Waals surface area (Å²) < 4.78 is 41.1. The second-order valence-corrected chi connectivity index (χ2v) is 7.61. The van der Waals surface area contributed by atoms with Gasteiger partial charge in [0.1, 0.15) is 10.7 Å². The Bertz CT molecular complexity index is 578. The van der Waals surface area contributed by atoms with E-state index in [0.717, 1.165) is 31.2 Å². The lowest BCUT2D eigenvalue weighted by atomic mass is 10.2. The van der Waals surface area contributed by atoms with Gasteiger partial charge < -0.3 is 0 Å². The molecule has 0 atom stereocenters. The zero-order valence-corrected chi connectivity index (χ0v) is 13.1. The minimum Gasteiger partial charge on any atom is -0.207 e. The molecule has 5 heteroatoms. The summed E-state index contributed by atoms with van der Waals surface area (Å²) in [5.74, 6) is -0.667. The molecule has 1 aromatic rings. The fourth-order valence-electron chi connectivity index (χ4n) is 2.98. The molecule has 1 aliphatic carbocycles. The summed E-state index contributed by atoms with van der Waals surface area (Å²) >= 11 is 0. The van der Waals surface area contributed by atoms with E-state index in [2.05, 4.69) is 0 Å². The van der Waals surface area contributed by atoms with Gasteiger partial charge in [-0.25, -0.2) is 12.8 Å². The van der Waals surface area contributed by atoms with Gasteiger partial charge in [-0.1, -0.05) is 18.9 Å². The average Bonchev–Trinajstić information content (AvgIpc) is 2.84. The molecule has 0 radical (unpaired) electrons. The highest BCUT2D eigenvalue weighted by atomic mass is 32.2. The Morgan fingerprint density at radius 2 is 1.85 bits per heavy atom. The molecule has 3 nitrogen and oxygen atoms in total. The van der Waals surface area contributed by atoms with Crippen LogP contribution in [0.25, 0.3) is 0 Å². The maximum Gasteiger partial charge on any atom is 0.246 e. The van der Waals surface area contributed by atoms with Crippen molar-refractivity contribution < 1.29 is 12.8 Å². The van der Waals surface area contributed by atoms with Crippen molar-refractivity contribution in [3.8, 4) is 0 Å². The molecule has 0 aromatic heterocycles. The molecule has 0 N–H and O–H groups in total. The normalized spacial score (nSPS) is 17.3. The summed E-state index contributed by atoms with van der Waals surface area (Å²) in [6.07, 6.45) is 3.81. The summed E-state index contributed by atoms with van der Waals surface area (Å²) in [5, 5.41) is 0. The number of nitrogens with zero attached hydrogens (tertiary/aromatic N) is 1. The highest BCUT2D eigenvalue weighted by Crippen LogP contribution is 2.31. The van der Waals surface area contributed by atoms with Gasteiger partial charge in [0.25, 0.3) is 0 Å². The van der Waals surface area contributed by atoms with Crippen LogP contribution >= 0.6 is 0 Å². The molecule has 0 aliphatic heterocycles. The number of aryl methyl sites for hydroxylation is 1. The van der Waals surface area contributed by atoms with Crippen molar-refractivity contribution in [1.82, 2.24) is 4.31 Å². The Labute approximate surface area is 120 Å². The lowest BCUT2D eigenvalue weighted by Gasteiger charge is -2.31. The fraction of sp³-hybridized carbons (Fsp3) is 0.600. The number of hydrogen-bond donors (Lipinski definition) is 0. The third kappa shape index (κ3) is 2.88. The van der Waals surface area contributed by atoms with Gasteiger partial charge >= 0.3 is 0 Å². The van der Waals surface area contributed by atoms with Crippen LogP contribution in [0.3, 0.4) is 0 Å². The van der Waals surface area contributed by atoms with Crippen LogP contribution in [-0.2, 0) is 10.0 Å². The van der Waals surface area contributed by atoms with Gasteiger partial charge in [-0.2, -0.15) is 4.31 Å². The molecule has 1 aromatic carbocycles. The number of halogens is 1. The van der Waals surface area contributed by atoms with Crippen molar-refractivity contribution in [1.29, 1.82) is 0 Å². The summed E-state index contributed by atoms with van der Waals surface area (Å²) in [6.45, 7) is 5.47. The SMILES string of the molecule is Cc1ccc(F)c(S(=O)(=O)N(C(C)C)C2CCCC2)c1. The lowest BCUT2D eigenvalue weighted by Crippen LogP contribution is -2.43. The lowest BCUT2D eigenvalue weighted by molar-refractivity contribution is 0.274. The molecule has 1 saturated carbocycles. The van der Waals surface area contributed by atoms with E-state index in [-0.39, 0.29) is 17.0 Å². The second kappa shape index (κ2) is 5.82. The molecular weight excluding hydrogens is 277 g/mol. The van der Waals surface area contributed by atoms with Gasteiger partial charge in [0.05, 0.1) is 0 Å². The quantitative estimate of drug-likeness (QED) is 0.853. The standard InChI is InChI=1S/C15H22FNO2S/c1-11(2)17(13-6-4-5-7-13)20(18,19)15-10-12(3)8-9-14(15)16/h8-11,13H,4-7H2,1-3H3. The average molecular weight is 299 g/mol. The van der Waals surface area contributed by atoms with E-state index >= 15 is 0 Å². The minimum absolute atomic E-state index is 0.0000813. The molecule has 20 heavy (non-hydrogen) atoms. The first kappa shape index (κ1) is 15.4. The summed E-state index contributed by atoms with van der Waals surface area (Å²) in [7, 11) is -3.78. The monoisotopic (exact) mass is 299 g/mol. The molecule has 0 bridgehead atoms. The Morgan fingerprint density at radius 1 is 1.25 bits per heavy atom. The van der Waals surface area contributed by atoms with Crippen molar-refractivity contribution in [3.63, 3.8) is 0 Å². The van der Waals surface area contributed by atoms with Crippen molar-refractivity contribution in [2.75, 3.05) is 0 Å². The van der Waals surface area contributed by atoms with Gasteiger partial charge in [0, 0.05) is 12.1 Å². The number of rotatable bonds is 4. The van der Waals surface area contributed by atoms with E-state index in [1.165, 1.54) is 16.4 Å². The topological polar surface area (TPSA) is 37.4 Å². The Balaban J connectivity index is 2.47. The number of sulfonamides is 1. The minimum atomic E-state index is -3.78. The Morgan fingerprint density at radius 3 is 2.40 bits per heavy atom. The van der Waals surface area contributed by atoms with Crippen LogP contribution in [0.4, 0.5) is 4.39 Å². The summed E-state index contributed by atoms with van der Waals surface area (Å²) in [5.41, 5.74) is 0.750. The molecular formula is C15H22FNO2S. The molecule has 0 saturated heterocycles. The molecule has 1 fully saturated rings. The van der Waals surface area contributed by atoms with Crippen LogP contribution < -0.4 is 0 Å². The van der Waals surface area contributed by atoms with Crippen molar-refractivity contribution in [2.24, 2.45) is 0 Å².